The third-order valence-electron chi connectivity index (χ3n) is 5.68. The molecule has 6 nitrogen and oxygen atoms in total. The van der Waals surface area contributed by atoms with Crippen molar-refractivity contribution < 1.29 is 14.4 Å². The maximum Gasteiger partial charge on any atom is 0.246 e. The Kier molecular flexibility index (Phi) is 7.97. The number of anilines is 2. The topological polar surface area (TPSA) is 78.5 Å². The fraction of sp³-hybridized carbons (Fsp3) is 0.250. The number of rotatable bonds is 8. The molecule has 3 aromatic carbocycles. The van der Waals surface area contributed by atoms with Crippen LogP contribution in [-0.4, -0.2) is 36.1 Å². The minimum Gasteiger partial charge on any atom is -0.324 e. The highest BCUT2D eigenvalue weighted by Gasteiger charge is 2.27. The third-order valence-corrected chi connectivity index (χ3v) is 5.68. The highest BCUT2D eigenvalue weighted by Crippen LogP contribution is 2.24. The van der Waals surface area contributed by atoms with E-state index in [-0.39, 0.29) is 24.1 Å². The van der Waals surface area contributed by atoms with E-state index >= 15 is 0 Å². The maximum atomic E-state index is 13.4. The van der Waals surface area contributed by atoms with Crippen molar-refractivity contribution in [2.75, 3.05) is 24.2 Å². The van der Waals surface area contributed by atoms with Gasteiger partial charge in [0.15, 0.2) is 5.78 Å². The second kappa shape index (κ2) is 10.9. The van der Waals surface area contributed by atoms with Crippen LogP contribution in [0.5, 0.6) is 0 Å². The molecule has 1 atom stereocenters. The molecule has 0 aliphatic rings. The normalized spacial score (nSPS) is 11.7. The van der Waals surface area contributed by atoms with Gasteiger partial charge in [-0.2, -0.15) is 0 Å². The number of benzene rings is 3. The summed E-state index contributed by atoms with van der Waals surface area (Å²) in [5.41, 5.74) is 5.74. The van der Waals surface area contributed by atoms with Crippen molar-refractivity contribution in [2.24, 2.45) is 0 Å². The van der Waals surface area contributed by atoms with E-state index in [2.05, 4.69) is 10.6 Å². The Morgan fingerprint density at radius 3 is 2.12 bits per heavy atom. The summed E-state index contributed by atoms with van der Waals surface area (Å²) in [7, 11) is 1.75. The number of nitrogens with one attached hydrogen (secondary N) is 2. The molecule has 3 aromatic rings. The molecule has 1 unspecified atom stereocenters. The van der Waals surface area contributed by atoms with Crippen molar-refractivity contribution in [2.45, 2.75) is 33.7 Å². The van der Waals surface area contributed by atoms with Gasteiger partial charge in [-0.05, 0) is 63.6 Å². The van der Waals surface area contributed by atoms with Crippen LogP contribution in [0.3, 0.4) is 0 Å². The standard InChI is InChI=1S/C28H31N3O3/c1-18-14-19(2)26(20(3)15-18)30-25(33)17-31(5)27(22-10-7-6-8-11-22)28(34)29-24-13-9-12-23(16-24)21(4)32/h6-16,27H,17H2,1-5H3,(H,29,34)(H,30,33). The lowest BCUT2D eigenvalue weighted by molar-refractivity contribution is -0.123. The Hall–Kier alpha value is -3.77. The number of hydrogen-bond acceptors (Lipinski definition) is 4. The Bertz CT molecular complexity index is 1180. The monoisotopic (exact) mass is 457 g/mol. The van der Waals surface area contributed by atoms with Crippen LogP contribution in [0.2, 0.25) is 0 Å². The molecule has 0 aromatic heterocycles. The minimum absolute atomic E-state index is 0.0211. The van der Waals surface area contributed by atoms with Gasteiger partial charge in [-0.3, -0.25) is 19.3 Å². The molecule has 2 amide bonds. The molecule has 0 spiro atoms. The Balaban J connectivity index is 1.80. The van der Waals surface area contributed by atoms with Gasteiger partial charge in [0, 0.05) is 16.9 Å². The molecular formula is C28H31N3O3. The summed E-state index contributed by atoms with van der Waals surface area (Å²) in [6, 6.07) is 19.5. The summed E-state index contributed by atoms with van der Waals surface area (Å²) < 4.78 is 0. The Morgan fingerprint density at radius 2 is 1.50 bits per heavy atom. The first kappa shape index (κ1) is 24.9. The van der Waals surface area contributed by atoms with Crippen molar-refractivity contribution in [3.8, 4) is 0 Å². The number of carbonyl (C=O) groups is 3. The number of Topliss-reactive ketones (excluding diaryl/α,β-unsaturated/α-hetero) is 1. The molecule has 2 N–H and O–H groups in total. The number of carbonyl (C=O) groups excluding carboxylic acids is 3. The molecule has 0 aliphatic carbocycles. The zero-order chi connectivity index (χ0) is 24.8. The maximum absolute atomic E-state index is 13.4. The van der Waals surface area contributed by atoms with Gasteiger partial charge in [0.25, 0.3) is 0 Å². The first-order valence-electron chi connectivity index (χ1n) is 11.2. The molecule has 0 heterocycles. The average Bonchev–Trinajstić information content (AvgIpc) is 2.77. The van der Waals surface area contributed by atoms with Gasteiger partial charge in [-0.25, -0.2) is 0 Å². The zero-order valence-corrected chi connectivity index (χ0v) is 20.3. The smallest absolute Gasteiger partial charge is 0.246 e. The number of aryl methyl sites for hydroxylation is 3. The lowest BCUT2D eigenvalue weighted by atomic mass is 10.0. The van der Waals surface area contributed by atoms with Gasteiger partial charge in [0.2, 0.25) is 11.8 Å². The van der Waals surface area contributed by atoms with Gasteiger partial charge in [-0.15, -0.1) is 0 Å². The summed E-state index contributed by atoms with van der Waals surface area (Å²) in [5.74, 6) is -0.569. The van der Waals surface area contributed by atoms with Crippen LogP contribution in [-0.2, 0) is 9.59 Å². The molecule has 0 aliphatic heterocycles. The van der Waals surface area contributed by atoms with Gasteiger partial charge in [-0.1, -0.05) is 60.2 Å². The van der Waals surface area contributed by atoms with Crippen LogP contribution in [0.25, 0.3) is 0 Å². The van der Waals surface area contributed by atoms with Crippen molar-refractivity contribution in [3.63, 3.8) is 0 Å². The van der Waals surface area contributed by atoms with Crippen molar-refractivity contribution in [3.05, 3.63) is 94.5 Å². The van der Waals surface area contributed by atoms with Crippen molar-refractivity contribution >= 4 is 29.0 Å². The molecule has 3 rings (SSSR count). The van der Waals surface area contributed by atoms with Crippen LogP contribution in [0.4, 0.5) is 11.4 Å². The van der Waals surface area contributed by atoms with Gasteiger partial charge in [0.1, 0.15) is 6.04 Å². The predicted octanol–water partition coefficient (Wildman–Crippen LogP) is 5.06. The summed E-state index contributed by atoms with van der Waals surface area (Å²) >= 11 is 0. The molecule has 0 bridgehead atoms. The van der Waals surface area contributed by atoms with Crippen LogP contribution in [0.15, 0.2) is 66.7 Å². The molecular weight excluding hydrogens is 426 g/mol. The van der Waals surface area contributed by atoms with E-state index in [1.807, 2.05) is 63.2 Å². The van der Waals surface area contributed by atoms with Crippen LogP contribution >= 0.6 is 0 Å². The van der Waals surface area contributed by atoms with Gasteiger partial charge < -0.3 is 10.6 Å². The molecule has 0 saturated heterocycles. The molecule has 34 heavy (non-hydrogen) atoms. The number of nitrogens with zero attached hydrogens (tertiary/aromatic N) is 1. The number of ketones is 1. The lowest BCUT2D eigenvalue weighted by Crippen LogP contribution is -2.39. The first-order valence-corrected chi connectivity index (χ1v) is 11.2. The average molecular weight is 458 g/mol. The fourth-order valence-electron chi connectivity index (χ4n) is 4.14. The SMILES string of the molecule is CC(=O)c1cccc(NC(=O)C(c2ccccc2)N(C)CC(=O)Nc2c(C)cc(C)cc2C)c1. The first-order chi connectivity index (χ1) is 16.2. The van der Waals surface area contributed by atoms with Crippen LogP contribution in [0, 0.1) is 20.8 Å². The van der Waals surface area contributed by atoms with E-state index in [1.54, 1.807) is 36.2 Å². The lowest BCUT2D eigenvalue weighted by Gasteiger charge is -2.27. The fourth-order valence-corrected chi connectivity index (χ4v) is 4.14. The summed E-state index contributed by atoms with van der Waals surface area (Å²) in [5, 5.41) is 5.90. The molecule has 176 valence electrons. The summed E-state index contributed by atoms with van der Waals surface area (Å²) in [4.78, 5) is 39.7. The molecule has 0 radical (unpaired) electrons. The zero-order valence-electron chi connectivity index (χ0n) is 20.3. The molecule has 0 fully saturated rings. The van der Waals surface area contributed by atoms with E-state index in [0.717, 1.165) is 27.9 Å². The molecule has 6 heteroatoms. The van der Waals surface area contributed by atoms with E-state index in [1.165, 1.54) is 6.92 Å². The number of amides is 2. The van der Waals surface area contributed by atoms with Crippen LogP contribution in [0.1, 0.15) is 45.6 Å². The number of hydrogen-bond donors (Lipinski definition) is 2. The third kappa shape index (κ3) is 6.17. The Labute approximate surface area is 201 Å². The second-order valence-corrected chi connectivity index (χ2v) is 8.68. The van der Waals surface area contributed by atoms with Crippen molar-refractivity contribution in [1.29, 1.82) is 0 Å². The largest absolute Gasteiger partial charge is 0.324 e. The highest BCUT2D eigenvalue weighted by atomic mass is 16.2. The van der Waals surface area contributed by atoms with E-state index in [9.17, 15) is 14.4 Å². The van der Waals surface area contributed by atoms with E-state index < -0.39 is 6.04 Å². The van der Waals surface area contributed by atoms with Gasteiger partial charge >= 0.3 is 0 Å². The van der Waals surface area contributed by atoms with Gasteiger partial charge in [0.05, 0.1) is 6.54 Å². The Morgan fingerprint density at radius 1 is 0.853 bits per heavy atom. The van der Waals surface area contributed by atoms with E-state index in [4.69, 9.17) is 0 Å². The highest BCUT2D eigenvalue weighted by molar-refractivity contribution is 5.99. The predicted molar refractivity (Wildman–Crippen MR) is 136 cm³/mol. The quantitative estimate of drug-likeness (QED) is 0.463. The molecule has 0 saturated carbocycles. The summed E-state index contributed by atoms with van der Waals surface area (Å²) in [6.45, 7) is 7.46. The minimum atomic E-state index is -0.701. The summed E-state index contributed by atoms with van der Waals surface area (Å²) in [6.07, 6.45) is 0. The van der Waals surface area contributed by atoms with Crippen molar-refractivity contribution in [1.82, 2.24) is 4.90 Å². The van der Waals surface area contributed by atoms with Crippen LogP contribution < -0.4 is 10.6 Å². The van der Waals surface area contributed by atoms with E-state index in [0.29, 0.717) is 11.3 Å². The second-order valence-electron chi connectivity index (χ2n) is 8.68. The number of likely N-dealkylation sites (N-methyl/N-ethyl adjacent to an activating group) is 1.